The van der Waals surface area contributed by atoms with E-state index >= 15 is 0 Å². The number of hydrogen-bond donors (Lipinski definition) is 4. The molecule has 14 aromatic rings. The fourth-order valence-corrected chi connectivity index (χ4v) is 16.4. The summed E-state index contributed by atoms with van der Waals surface area (Å²) in [6.45, 7) is 15.3. The molecule has 129 heavy (non-hydrogen) atoms. The zero-order valence-corrected chi connectivity index (χ0v) is 76.5. The molecule has 12 heterocycles. The van der Waals surface area contributed by atoms with Gasteiger partial charge in [-0.25, -0.2) is 24.7 Å². The van der Waals surface area contributed by atoms with Crippen LogP contribution in [0.4, 0.5) is 5.82 Å². The molecule has 3 aliphatic heterocycles. The minimum absolute atomic E-state index is 0.0697. The molecule has 3 fully saturated rings. The largest absolute Gasteiger partial charge is 0.493 e. The summed E-state index contributed by atoms with van der Waals surface area (Å²) in [4.78, 5) is 82.0. The number of morpholine rings is 3. The zero-order chi connectivity index (χ0) is 90.1. The lowest BCUT2D eigenvalue weighted by Crippen LogP contribution is -2.37. The van der Waals surface area contributed by atoms with Crippen LogP contribution in [-0.4, -0.2) is 239 Å². The van der Waals surface area contributed by atoms with Crippen molar-refractivity contribution < 1.29 is 86.4 Å². The summed E-state index contributed by atoms with van der Waals surface area (Å²) in [6.07, 6.45) is 17.8. The fourth-order valence-electron chi connectivity index (χ4n) is 13.3. The second kappa shape index (κ2) is 49.1. The molecule has 0 saturated carbocycles. The number of methoxy groups -OCH3 is 3. The molecule has 0 spiro atoms. The molecule has 3 aliphatic rings. The molecular weight excluding hydrogens is 1840 g/mol. The van der Waals surface area contributed by atoms with Gasteiger partial charge in [0.25, 0.3) is 0 Å². The minimum atomic E-state index is -1.34. The Morgan fingerprint density at radius 2 is 0.791 bits per heavy atom. The maximum atomic E-state index is 12.9. The number of rotatable bonds is 33. The van der Waals surface area contributed by atoms with Crippen LogP contribution < -0.4 is 53.8 Å². The smallest absolute Gasteiger partial charge is 0.488 e. The Hall–Kier alpha value is -11.8. The Bertz CT molecular complexity index is 5930. The molecule has 17 rings (SSSR count). The number of Topliss-reactive ketones (excluding diaryl/α,β-unsaturated/α-hetero) is 2. The maximum absolute atomic E-state index is 12.9. The van der Waals surface area contributed by atoms with Crippen molar-refractivity contribution in [2.75, 3.05) is 145 Å². The first kappa shape index (κ1) is 94.8. The van der Waals surface area contributed by atoms with E-state index in [9.17, 15) is 14.4 Å². The molecule has 0 radical (unpaired) electrons. The number of pyridine rings is 6. The Morgan fingerprint density at radius 1 is 0.419 bits per heavy atom. The molecular formula is C92H94BBr2N13O18S3. The van der Waals surface area contributed by atoms with Gasteiger partial charge in [0.15, 0.2) is 56.1 Å². The zero-order valence-electron chi connectivity index (χ0n) is 70.9. The highest BCUT2D eigenvalue weighted by molar-refractivity contribution is 9.11. The first-order chi connectivity index (χ1) is 63.0. The monoisotopic (exact) mass is 1930 g/mol. The van der Waals surface area contributed by atoms with Crippen molar-refractivity contribution in [2.45, 2.75) is 32.1 Å². The molecule has 670 valence electrons. The van der Waals surface area contributed by atoms with Gasteiger partial charge in [0.1, 0.15) is 40.3 Å². The van der Waals surface area contributed by atoms with E-state index in [1.165, 1.54) is 28.9 Å². The van der Waals surface area contributed by atoms with Gasteiger partial charge in [0, 0.05) is 129 Å². The maximum Gasteiger partial charge on any atom is 0.488 e. The number of benzene rings is 5. The quantitative estimate of drug-likeness (QED) is 0.0169. The first-order valence-corrected chi connectivity index (χ1v) is 45.3. The number of ether oxygens (including phenoxy) is 12. The van der Waals surface area contributed by atoms with Crippen molar-refractivity contribution in [3.05, 3.63) is 241 Å². The number of carbonyl (C=O) groups excluding carboxylic acids is 2. The lowest BCUT2D eigenvalue weighted by atomic mass is 9.81. The normalized spacial score (nSPS) is 13.3. The van der Waals surface area contributed by atoms with Gasteiger partial charge in [0.2, 0.25) is 5.01 Å². The minimum Gasteiger partial charge on any atom is -0.493 e. The van der Waals surface area contributed by atoms with Crippen LogP contribution in [0.1, 0.15) is 60.1 Å². The number of carbonyl (C=O) groups is 3. The first-order valence-electron chi connectivity index (χ1n) is 41.3. The van der Waals surface area contributed by atoms with Crippen molar-refractivity contribution in [1.82, 2.24) is 59.6 Å². The van der Waals surface area contributed by atoms with Gasteiger partial charge in [-0.1, -0.05) is 60.7 Å². The summed E-state index contributed by atoms with van der Waals surface area (Å²) in [5.74, 6) is 6.73. The van der Waals surface area contributed by atoms with Crippen molar-refractivity contribution >= 4 is 135 Å². The lowest BCUT2D eigenvalue weighted by molar-refractivity contribution is 0.0357. The third kappa shape index (κ3) is 28.6. The molecule has 5 N–H and O–H groups in total. The van der Waals surface area contributed by atoms with Crippen LogP contribution in [0.3, 0.4) is 0 Å². The number of carboxylic acid groups (broad SMARTS) is 1. The molecule has 3 saturated heterocycles. The summed E-state index contributed by atoms with van der Waals surface area (Å²) in [7, 11) is 3.53. The number of nitrogens with zero attached hydrogens (tertiary/aromatic N) is 12. The third-order valence-electron chi connectivity index (χ3n) is 19.9. The van der Waals surface area contributed by atoms with Crippen molar-refractivity contribution in [1.29, 1.82) is 0 Å². The average Bonchev–Trinajstić information content (AvgIpc) is 1.73. The topological polar surface area (TPSA) is 374 Å². The van der Waals surface area contributed by atoms with Crippen molar-refractivity contribution in [3.63, 3.8) is 0 Å². The second-order valence-corrected chi connectivity index (χ2v) is 34.6. The molecule has 0 amide bonds. The number of aromatic carboxylic acids is 1. The molecule has 0 bridgehead atoms. The second-order valence-electron chi connectivity index (χ2n) is 28.8. The Morgan fingerprint density at radius 3 is 1.12 bits per heavy atom. The van der Waals surface area contributed by atoms with Gasteiger partial charge in [-0.05, 0) is 135 Å². The molecule has 0 atom stereocenters. The number of carboxylic acids is 1. The van der Waals surface area contributed by atoms with Gasteiger partial charge < -0.3 is 77.7 Å². The molecule has 5 aromatic carbocycles. The molecule has 37 heteroatoms. The van der Waals surface area contributed by atoms with Gasteiger partial charge in [0.05, 0.1) is 154 Å². The molecule has 9 aromatic heterocycles. The highest BCUT2D eigenvalue weighted by atomic mass is 79.9. The van der Waals surface area contributed by atoms with Gasteiger partial charge >= 0.3 is 13.1 Å². The summed E-state index contributed by atoms with van der Waals surface area (Å²) in [5, 5.41) is 28.9. The van der Waals surface area contributed by atoms with Crippen molar-refractivity contribution in [2.24, 2.45) is 0 Å². The van der Waals surface area contributed by atoms with E-state index in [0.717, 1.165) is 180 Å². The van der Waals surface area contributed by atoms with Crippen LogP contribution >= 0.6 is 65.9 Å². The Balaban J connectivity index is 0.000000151. The number of ketones is 2. The predicted octanol–water partition coefficient (Wildman–Crippen LogP) is 15.3. The third-order valence-corrected chi connectivity index (χ3v) is 24.0. The number of anilines is 1. The van der Waals surface area contributed by atoms with E-state index in [1.54, 1.807) is 144 Å². The van der Waals surface area contributed by atoms with Crippen LogP contribution in [0.5, 0.6) is 69.0 Å². The fraction of sp³-hybridized carbons (Fsp3) is 0.283. The number of nitrogen functional groups attached to an aromatic ring is 1. The van der Waals surface area contributed by atoms with Crippen molar-refractivity contribution in [3.8, 4) is 79.4 Å². The number of hydrogen-bond acceptors (Lipinski definition) is 33. The average molecular weight is 1940 g/mol. The highest BCUT2D eigenvalue weighted by Crippen LogP contribution is 2.41. The van der Waals surface area contributed by atoms with Crippen LogP contribution in [0, 0.1) is 0 Å². The van der Waals surface area contributed by atoms with E-state index in [4.69, 9.17) is 77.7 Å². The summed E-state index contributed by atoms with van der Waals surface area (Å²) in [5.41, 5.74) is 10.7. The van der Waals surface area contributed by atoms with Crippen LogP contribution in [-0.2, 0) is 27.1 Å². The number of thiazole rings is 3. The van der Waals surface area contributed by atoms with E-state index in [0.29, 0.717) is 121 Å². The SMILES string of the molecule is COc1cc2c(Oc3ccc(CC(=O)c4ncc(-c5ccccc5)s4)nc3)ccnc2cc1OCCCN1CCOCC1.COc1cc2c(Oc3ccc(CC(=O)c4ncc(Br)s4)nc3)ccnc2cc1OCCCN1CCOCC1.COc1cc2c(Oc3ccc(N)nc3)ccnc2cc1OCCCN1CCOCC1.O=C(O)c1ncc(Br)s1.OB(O)c1ccccc1. The standard InChI is InChI=1S/C33H32N4O5S.C27H27BrN4O5S.C22H26N4O4.C6H7BO2.C4H2BrNO2S/c1-39-30-19-26-27(20-31(30)41-15-5-12-37-13-16-40-17-14-37)34-11-10-29(26)42-25-9-8-24(35-21-25)18-28(38)33-36-22-32(43-33)23-6-3-2-4-7-23;1-34-24-14-20-21(15-25(24)36-10-2-7-32-8-11-35-12-9-32)29-6-5-23(20)37-19-4-3-18(30-16-19)13-22(33)27-31-17-26(28)38-27;1-27-20-13-17-18(14-21(20)29-10-2-7-26-8-11-28-12-9-26)24-6-5-19(17)30-16-3-4-22(23)25-15-16;8-7(9)6-4-2-1-3-5-6;5-2-1-6-3(9-2)4(7)8/h2-4,6-11,19-22H,5,12-18H2,1H3;3-6,14-17H,2,7-13H2,1H3;3-6,13-15H,2,7-12H2,1H3,(H2,23,25);1-5,8-9H;1H,(H,7,8). The van der Waals surface area contributed by atoms with Gasteiger partial charge in [-0.3, -0.25) is 49.2 Å². The van der Waals surface area contributed by atoms with E-state index < -0.39 is 13.1 Å². The van der Waals surface area contributed by atoms with Crippen LogP contribution in [0.2, 0.25) is 0 Å². The van der Waals surface area contributed by atoms with Crippen LogP contribution in [0.25, 0.3) is 43.1 Å². The van der Waals surface area contributed by atoms with Crippen LogP contribution in [0.15, 0.2) is 215 Å². The van der Waals surface area contributed by atoms with E-state index in [2.05, 4.69) is 91.4 Å². The Labute approximate surface area is 773 Å². The summed E-state index contributed by atoms with van der Waals surface area (Å²) >= 11 is 10.2. The van der Waals surface area contributed by atoms with Gasteiger partial charge in [-0.15, -0.1) is 34.0 Å². The number of halogens is 2. The number of fused-ring (bicyclic) bond motifs is 3. The molecule has 31 nitrogen and oxygen atoms in total. The highest BCUT2D eigenvalue weighted by Gasteiger charge is 2.22. The summed E-state index contributed by atoms with van der Waals surface area (Å²) in [6, 6.07) is 45.9. The number of nitrogens with two attached hydrogens (primary N) is 1. The lowest BCUT2D eigenvalue weighted by Gasteiger charge is -2.26. The van der Waals surface area contributed by atoms with Gasteiger partial charge in [-0.2, -0.15) is 0 Å². The van der Waals surface area contributed by atoms with E-state index in [-0.39, 0.29) is 29.4 Å². The number of aromatic nitrogens is 9. The summed E-state index contributed by atoms with van der Waals surface area (Å²) < 4.78 is 71.0. The Kier molecular flexibility index (Phi) is 36.1. The predicted molar refractivity (Wildman–Crippen MR) is 501 cm³/mol. The molecule has 0 aliphatic carbocycles. The molecule has 0 unspecified atom stereocenters. The van der Waals surface area contributed by atoms with E-state index in [1.807, 2.05) is 78.9 Å².